The summed E-state index contributed by atoms with van der Waals surface area (Å²) < 4.78 is 19.8. The first kappa shape index (κ1) is 15.0. The fraction of sp³-hybridized carbons (Fsp3) is 0.188. The van der Waals surface area contributed by atoms with E-state index < -0.39 is 10.7 Å². The molecule has 1 aliphatic heterocycles. The first-order valence-electron chi connectivity index (χ1n) is 7.09. The Labute approximate surface area is 131 Å². The summed E-state index contributed by atoms with van der Waals surface area (Å²) >= 11 is 0. The third kappa shape index (κ3) is 3.13. The highest BCUT2D eigenvalue weighted by Gasteiger charge is 2.19. The SMILES string of the molecule is O=[N+]([O-])c1ccccc1COc1cccc(F)c1C1=NCCN1. The van der Waals surface area contributed by atoms with E-state index in [4.69, 9.17) is 4.74 Å². The molecule has 0 saturated heterocycles. The Morgan fingerprint density at radius 1 is 1.26 bits per heavy atom. The number of nitrogens with one attached hydrogen (secondary N) is 1. The van der Waals surface area contributed by atoms with Gasteiger partial charge >= 0.3 is 0 Å². The highest BCUT2D eigenvalue weighted by atomic mass is 19.1. The van der Waals surface area contributed by atoms with Crippen LogP contribution in [0.2, 0.25) is 0 Å². The van der Waals surface area contributed by atoms with Crippen LogP contribution in [0.5, 0.6) is 5.75 Å². The monoisotopic (exact) mass is 315 g/mol. The van der Waals surface area contributed by atoms with Crippen LogP contribution in [0.1, 0.15) is 11.1 Å². The van der Waals surface area contributed by atoms with E-state index >= 15 is 0 Å². The lowest BCUT2D eigenvalue weighted by Gasteiger charge is -2.12. The molecule has 0 spiro atoms. The van der Waals surface area contributed by atoms with Gasteiger partial charge in [0.2, 0.25) is 0 Å². The van der Waals surface area contributed by atoms with Crippen molar-refractivity contribution in [3.8, 4) is 5.75 Å². The summed E-state index contributed by atoms with van der Waals surface area (Å²) in [6, 6.07) is 10.8. The molecule has 2 aromatic rings. The van der Waals surface area contributed by atoms with E-state index in [0.717, 1.165) is 0 Å². The molecule has 0 atom stereocenters. The van der Waals surface area contributed by atoms with Gasteiger partial charge in [-0.25, -0.2) is 4.39 Å². The van der Waals surface area contributed by atoms with Gasteiger partial charge in [0.1, 0.15) is 24.0 Å². The molecule has 0 saturated carbocycles. The minimum Gasteiger partial charge on any atom is -0.488 e. The lowest BCUT2D eigenvalue weighted by molar-refractivity contribution is -0.385. The van der Waals surface area contributed by atoms with E-state index in [1.54, 1.807) is 24.3 Å². The van der Waals surface area contributed by atoms with Crippen LogP contribution in [0.15, 0.2) is 47.5 Å². The Balaban J connectivity index is 1.87. The lowest BCUT2D eigenvalue weighted by Crippen LogP contribution is -2.21. The molecule has 6 nitrogen and oxygen atoms in total. The average molecular weight is 315 g/mol. The molecule has 118 valence electrons. The van der Waals surface area contributed by atoms with Crippen LogP contribution in [0.3, 0.4) is 0 Å². The zero-order chi connectivity index (χ0) is 16.2. The van der Waals surface area contributed by atoms with Gasteiger partial charge in [-0.1, -0.05) is 18.2 Å². The summed E-state index contributed by atoms with van der Waals surface area (Å²) in [4.78, 5) is 14.8. The molecule has 7 heteroatoms. The minimum atomic E-state index is -0.464. The number of para-hydroxylation sites is 1. The molecule has 1 aliphatic rings. The Hall–Kier alpha value is -2.96. The minimum absolute atomic E-state index is 0.0261. The molecule has 0 aliphatic carbocycles. The smallest absolute Gasteiger partial charge is 0.276 e. The summed E-state index contributed by atoms with van der Waals surface area (Å²) in [5.41, 5.74) is 0.652. The van der Waals surface area contributed by atoms with Crippen LogP contribution in [0.25, 0.3) is 0 Å². The second kappa shape index (κ2) is 6.43. The highest BCUT2D eigenvalue weighted by molar-refractivity contribution is 6.02. The first-order valence-corrected chi connectivity index (χ1v) is 7.09. The summed E-state index contributed by atoms with van der Waals surface area (Å²) in [6.45, 7) is 1.20. The maximum atomic E-state index is 14.1. The quantitative estimate of drug-likeness (QED) is 0.680. The second-order valence-electron chi connectivity index (χ2n) is 4.94. The van der Waals surface area contributed by atoms with E-state index in [9.17, 15) is 14.5 Å². The van der Waals surface area contributed by atoms with Crippen molar-refractivity contribution < 1.29 is 14.1 Å². The number of nitrogens with zero attached hydrogens (tertiary/aromatic N) is 2. The molecule has 0 bridgehead atoms. The van der Waals surface area contributed by atoms with Crippen LogP contribution in [0, 0.1) is 15.9 Å². The van der Waals surface area contributed by atoms with Crippen molar-refractivity contribution >= 4 is 11.5 Å². The first-order chi connectivity index (χ1) is 11.2. The van der Waals surface area contributed by atoms with Gasteiger partial charge in [-0.05, 0) is 18.2 Å². The molecule has 0 unspecified atom stereocenters. The number of nitro benzene ring substituents is 1. The topological polar surface area (TPSA) is 76.8 Å². The number of rotatable bonds is 5. The molecule has 0 fully saturated rings. The normalized spacial score (nSPS) is 13.3. The van der Waals surface area contributed by atoms with Crippen molar-refractivity contribution in [2.75, 3.05) is 13.1 Å². The van der Waals surface area contributed by atoms with Gasteiger partial charge in [-0.2, -0.15) is 0 Å². The molecule has 1 N–H and O–H groups in total. The zero-order valence-corrected chi connectivity index (χ0v) is 12.2. The van der Waals surface area contributed by atoms with Crippen molar-refractivity contribution in [2.24, 2.45) is 4.99 Å². The molecule has 0 aromatic heterocycles. The largest absolute Gasteiger partial charge is 0.488 e. The standard InChI is InChI=1S/C16H14FN3O3/c17-12-5-3-7-14(15(12)16-18-8-9-19-16)23-10-11-4-1-2-6-13(11)20(21)22/h1-7H,8-10H2,(H,18,19). The number of halogens is 1. The Bertz CT molecular complexity index is 777. The number of nitro groups is 1. The number of ether oxygens (including phenoxy) is 1. The number of hydrogen-bond donors (Lipinski definition) is 1. The Morgan fingerprint density at radius 2 is 2.09 bits per heavy atom. The third-order valence-electron chi connectivity index (χ3n) is 3.46. The van der Waals surface area contributed by atoms with Gasteiger partial charge in [0, 0.05) is 12.6 Å². The van der Waals surface area contributed by atoms with Crippen molar-refractivity contribution in [3.63, 3.8) is 0 Å². The van der Waals surface area contributed by atoms with Gasteiger partial charge in [0.05, 0.1) is 22.6 Å². The van der Waals surface area contributed by atoms with Gasteiger partial charge in [0.15, 0.2) is 0 Å². The molecular weight excluding hydrogens is 301 g/mol. The van der Waals surface area contributed by atoms with Gasteiger partial charge in [-0.15, -0.1) is 0 Å². The van der Waals surface area contributed by atoms with Crippen LogP contribution in [-0.4, -0.2) is 23.8 Å². The van der Waals surface area contributed by atoms with Crippen molar-refractivity contribution in [1.82, 2.24) is 5.32 Å². The summed E-state index contributed by atoms with van der Waals surface area (Å²) in [7, 11) is 0. The van der Waals surface area contributed by atoms with Crippen molar-refractivity contribution in [3.05, 3.63) is 69.5 Å². The Morgan fingerprint density at radius 3 is 2.83 bits per heavy atom. The number of amidine groups is 1. The molecule has 3 rings (SSSR count). The van der Waals surface area contributed by atoms with Crippen LogP contribution in [0.4, 0.5) is 10.1 Å². The summed E-state index contributed by atoms with van der Waals surface area (Å²) in [5.74, 6) is 0.301. The maximum absolute atomic E-state index is 14.1. The number of benzene rings is 2. The van der Waals surface area contributed by atoms with Crippen LogP contribution in [-0.2, 0) is 6.61 Å². The average Bonchev–Trinajstić information content (AvgIpc) is 3.07. The maximum Gasteiger partial charge on any atom is 0.276 e. The van der Waals surface area contributed by atoms with Crippen LogP contribution < -0.4 is 10.1 Å². The molecular formula is C16H14FN3O3. The summed E-state index contributed by atoms with van der Waals surface area (Å²) in [5, 5.41) is 14.0. The van der Waals surface area contributed by atoms with E-state index in [0.29, 0.717) is 30.2 Å². The van der Waals surface area contributed by atoms with Crippen LogP contribution >= 0.6 is 0 Å². The predicted octanol–water partition coefficient (Wildman–Crippen LogP) is 2.66. The van der Waals surface area contributed by atoms with Crippen molar-refractivity contribution in [1.29, 1.82) is 0 Å². The van der Waals surface area contributed by atoms with E-state index in [-0.39, 0.29) is 17.9 Å². The highest BCUT2D eigenvalue weighted by Crippen LogP contribution is 2.25. The molecule has 0 amide bonds. The second-order valence-corrected chi connectivity index (χ2v) is 4.94. The van der Waals surface area contributed by atoms with E-state index in [1.165, 1.54) is 18.2 Å². The van der Waals surface area contributed by atoms with Gasteiger partial charge < -0.3 is 10.1 Å². The molecule has 0 radical (unpaired) electrons. The zero-order valence-electron chi connectivity index (χ0n) is 12.2. The lowest BCUT2D eigenvalue weighted by atomic mass is 10.1. The summed E-state index contributed by atoms with van der Waals surface area (Å²) in [6.07, 6.45) is 0. The van der Waals surface area contributed by atoms with E-state index in [1.807, 2.05) is 0 Å². The number of hydrogen-bond acceptors (Lipinski definition) is 5. The molecule has 23 heavy (non-hydrogen) atoms. The predicted molar refractivity (Wildman–Crippen MR) is 83.2 cm³/mol. The van der Waals surface area contributed by atoms with Crippen molar-refractivity contribution in [2.45, 2.75) is 6.61 Å². The van der Waals surface area contributed by atoms with Gasteiger partial charge in [-0.3, -0.25) is 15.1 Å². The fourth-order valence-corrected chi connectivity index (χ4v) is 2.39. The van der Waals surface area contributed by atoms with E-state index in [2.05, 4.69) is 10.3 Å². The van der Waals surface area contributed by atoms with Gasteiger partial charge in [0.25, 0.3) is 5.69 Å². The third-order valence-corrected chi connectivity index (χ3v) is 3.46. The number of aliphatic imine (C=N–C) groups is 1. The Kier molecular flexibility index (Phi) is 4.18. The molecule has 2 aromatic carbocycles. The molecule has 1 heterocycles. The fourth-order valence-electron chi connectivity index (χ4n) is 2.39.